The first-order valence-corrected chi connectivity index (χ1v) is 8.20. The molecule has 0 unspecified atom stereocenters. The van der Waals surface area contributed by atoms with Crippen molar-refractivity contribution >= 4 is 16.3 Å². The van der Waals surface area contributed by atoms with Crippen molar-refractivity contribution < 1.29 is 8.78 Å². The van der Waals surface area contributed by atoms with Gasteiger partial charge in [-0.15, -0.1) is 0 Å². The molecule has 4 aromatic rings. The van der Waals surface area contributed by atoms with E-state index in [2.05, 4.69) is 4.98 Å². The summed E-state index contributed by atoms with van der Waals surface area (Å²) in [5.41, 5.74) is 8.12. The highest BCUT2D eigenvalue weighted by Gasteiger charge is 2.19. The van der Waals surface area contributed by atoms with Gasteiger partial charge in [0, 0.05) is 18.3 Å². The molecule has 0 aliphatic rings. The molecule has 2 aromatic heterocycles. The highest BCUT2D eigenvalue weighted by Crippen LogP contribution is 2.34. The van der Waals surface area contributed by atoms with E-state index < -0.39 is 11.6 Å². The van der Waals surface area contributed by atoms with E-state index in [0.29, 0.717) is 16.3 Å². The van der Waals surface area contributed by atoms with E-state index in [1.165, 1.54) is 11.3 Å². The van der Waals surface area contributed by atoms with Gasteiger partial charge in [0.1, 0.15) is 11.6 Å². The number of nitrogens with zero attached hydrogens (tertiary/aromatic N) is 2. The molecule has 2 N–H and O–H groups in total. The van der Waals surface area contributed by atoms with Crippen molar-refractivity contribution in [3.05, 3.63) is 72.1 Å². The summed E-state index contributed by atoms with van der Waals surface area (Å²) in [7, 11) is 0. The van der Waals surface area contributed by atoms with Gasteiger partial charge in [-0.25, -0.2) is 13.8 Å². The lowest BCUT2D eigenvalue weighted by atomic mass is 10.1. The molecule has 0 bridgehead atoms. The van der Waals surface area contributed by atoms with Crippen LogP contribution in [0.5, 0.6) is 0 Å². The quantitative estimate of drug-likeness (QED) is 0.597. The molecule has 0 radical (unpaired) electrons. The Hall–Kier alpha value is -2.57. The molecule has 6 heteroatoms. The van der Waals surface area contributed by atoms with Crippen LogP contribution in [0.15, 0.2) is 54.7 Å². The number of hydrogen-bond donors (Lipinski definition) is 1. The van der Waals surface area contributed by atoms with Crippen LogP contribution in [0.1, 0.15) is 5.69 Å². The second kappa shape index (κ2) is 5.81. The van der Waals surface area contributed by atoms with E-state index in [1.54, 1.807) is 0 Å². The molecule has 0 saturated heterocycles. The predicted octanol–water partition coefficient (Wildman–Crippen LogP) is 4.47. The van der Waals surface area contributed by atoms with Gasteiger partial charge in [-0.05, 0) is 23.8 Å². The van der Waals surface area contributed by atoms with E-state index in [9.17, 15) is 8.78 Å². The maximum Gasteiger partial charge on any atom is 0.195 e. The Labute approximate surface area is 141 Å². The standard InChI is InChI=1S/C18H13F2N3S/c19-12-6-7-14(20)13(8-12)17-15(9-21)23-10-16(24-18(23)22-17)11-4-2-1-3-5-11/h1-8,10H,9,21H2. The lowest BCUT2D eigenvalue weighted by molar-refractivity contribution is 0.602. The molecule has 0 aliphatic heterocycles. The molecule has 0 saturated carbocycles. The fourth-order valence-electron chi connectivity index (χ4n) is 2.72. The van der Waals surface area contributed by atoms with Gasteiger partial charge in [-0.2, -0.15) is 0 Å². The zero-order valence-electron chi connectivity index (χ0n) is 12.5. The lowest BCUT2D eigenvalue weighted by Gasteiger charge is -2.04. The van der Waals surface area contributed by atoms with Crippen LogP contribution in [0.2, 0.25) is 0 Å². The second-order valence-electron chi connectivity index (χ2n) is 5.35. The van der Waals surface area contributed by atoms with Crippen molar-refractivity contribution in [2.75, 3.05) is 0 Å². The summed E-state index contributed by atoms with van der Waals surface area (Å²) < 4.78 is 29.5. The highest BCUT2D eigenvalue weighted by molar-refractivity contribution is 7.20. The molecule has 24 heavy (non-hydrogen) atoms. The number of rotatable bonds is 3. The number of nitrogens with two attached hydrogens (primary N) is 1. The van der Waals surface area contributed by atoms with Crippen molar-refractivity contribution in [3.8, 4) is 21.7 Å². The molecule has 0 aliphatic carbocycles. The molecule has 2 heterocycles. The Bertz CT molecular complexity index is 1020. The molecule has 2 aromatic carbocycles. The molecule has 0 amide bonds. The average molecular weight is 341 g/mol. The van der Waals surface area contributed by atoms with Gasteiger partial charge in [0.2, 0.25) is 0 Å². The van der Waals surface area contributed by atoms with Crippen LogP contribution in [0, 0.1) is 11.6 Å². The van der Waals surface area contributed by atoms with E-state index in [1.807, 2.05) is 40.9 Å². The SMILES string of the molecule is NCc1c(-c2cc(F)ccc2F)nc2sc(-c3ccccc3)cn12. The maximum atomic E-state index is 14.1. The summed E-state index contributed by atoms with van der Waals surface area (Å²) in [6.45, 7) is 0.178. The highest BCUT2D eigenvalue weighted by atomic mass is 32.1. The van der Waals surface area contributed by atoms with Gasteiger partial charge in [0.25, 0.3) is 0 Å². The summed E-state index contributed by atoms with van der Waals surface area (Å²) in [4.78, 5) is 6.24. The molecule has 0 fully saturated rings. The third-order valence-corrected chi connectivity index (χ3v) is 4.89. The van der Waals surface area contributed by atoms with Crippen LogP contribution in [-0.2, 0) is 6.54 Å². The smallest absolute Gasteiger partial charge is 0.195 e. The molecule has 3 nitrogen and oxygen atoms in total. The van der Waals surface area contributed by atoms with Crippen LogP contribution < -0.4 is 5.73 Å². The molecule has 0 atom stereocenters. The summed E-state index contributed by atoms with van der Waals surface area (Å²) in [6, 6.07) is 13.3. The Kier molecular flexibility index (Phi) is 3.63. The number of hydrogen-bond acceptors (Lipinski definition) is 3. The van der Waals surface area contributed by atoms with E-state index >= 15 is 0 Å². The van der Waals surface area contributed by atoms with Crippen LogP contribution in [-0.4, -0.2) is 9.38 Å². The van der Waals surface area contributed by atoms with Gasteiger partial charge < -0.3 is 5.73 Å². The van der Waals surface area contributed by atoms with Crippen molar-refractivity contribution in [2.24, 2.45) is 5.73 Å². The minimum absolute atomic E-state index is 0.132. The topological polar surface area (TPSA) is 43.3 Å². The third-order valence-electron chi connectivity index (χ3n) is 3.86. The number of benzene rings is 2. The summed E-state index contributed by atoms with van der Waals surface area (Å²) in [5, 5.41) is 0. The lowest BCUT2D eigenvalue weighted by Crippen LogP contribution is -2.02. The zero-order valence-corrected chi connectivity index (χ0v) is 13.4. The first-order chi connectivity index (χ1) is 11.7. The zero-order chi connectivity index (χ0) is 16.7. The first-order valence-electron chi connectivity index (χ1n) is 7.39. The normalized spacial score (nSPS) is 11.3. The largest absolute Gasteiger partial charge is 0.325 e. The number of fused-ring (bicyclic) bond motifs is 1. The summed E-state index contributed by atoms with van der Waals surface area (Å²) in [5.74, 6) is -1.02. The van der Waals surface area contributed by atoms with Gasteiger partial charge in [0.05, 0.1) is 16.3 Å². The van der Waals surface area contributed by atoms with E-state index in [4.69, 9.17) is 5.73 Å². The molecular weight excluding hydrogens is 328 g/mol. The number of halogens is 2. The molecule has 0 spiro atoms. The Morgan fingerprint density at radius 2 is 1.88 bits per heavy atom. The van der Waals surface area contributed by atoms with Gasteiger partial charge in [-0.1, -0.05) is 41.7 Å². The van der Waals surface area contributed by atoms with Crippen LogP contribution in [0.25, 0.3) is 26.7 Å². The van der Waals surface area contributed by atoms with E-state index in [0.717, 1.165) is 28.6 Å². The number of aromatic nitrogens is 2. The predicted molar refractivity (Wildman–Crippen MR) is 91.7 cm³/mol. The second-order valence-corrected chi connectivity index (χ2v) is 6.36. The van der Waals surface area contributed by atoms with Crippen molar-refractivity contribution in [2.45, 2.75) is 6.54 Å². The monoisotopic (exact) mass is 341 g/mol. The van der Waals surface area contributed by atoms with Gasteiger partial charge in [-0.3, -0.25) is 4.40 Å². The maximum absolute atomic E-state index is 14.1. The van der Waals surface area contributed by atoms with Crippen molar-refractivity contribution in [1.82, 2.24) is 9.38 Å². The first kappa shape index (κ1) is 15.0. The number of thiazole rings is 1. The summed E-state index contributed by atoms with van der Waals surface area (Å²) >= 11 is 1.49. The van der Waals surface area contributed by atoms with Gasteiger partial charge in [0.15, 0.2) is 4.96 Å². The van der Waals surface area contributed by atoms with Crippen molar-refractivity contribution in [1.29, 1.82) is 0 Å². The third kappa shape index (κ3) is 2.40. The van der Waals surface area contributed by atoms with Gasteiger partial charge >= 0.3 is 0 Å². The minimum Gasteiger partial charge on any atom is -0.325 e. The molecule has 120 valence electrons. The van der Waals surface area contributed by atoms with Crippen LogP contribution in [0.3, 0.4) is 0 Å². The summed E-state index contributed by atoms with van der Waals surface area (Å²) in [6.07, 6.45) is 1.94. The minimum atomic E-state index is -0.514. The molecule has 4 rings (SSSR count). The van der Waals surface area contributed by atoms with Crippen LogP contribution >= 0.6 is 11.3 Å². The number of imidazole rings is 1. The fourth-order valence-corrected chi connectivity index (χ4v) is 3.72. The van der Waals surface area contributed by atoms with E-state index in [-0.39, 0.29) is 12.1 Å². The van der Waals surface area contributed by atoms with Crippen LogP contribution in [0.4, 0.5) is 8.78 Å². The molecular formula is C18H13F2N3S. The fraction of sp³-hybridized carbons (Fsp3) is 0.0556. The van der Waals surface area contributed by atoms with Crippen molar-refractivity contribution in [3.63, 3.8) is 0 Å². The Balaban J connectivity index is 1.90. The average Bonchev–Trinajstić information content (AvgIpc) is 3.15. The Morgan fingerprint density at radius 1 is 1.08 bits per heavy atom. The Morgan fingerprint density at radius 3 is 2.62 bits per heavy atom.